The largest absolute Gasteiger partial charge is 0.445 e. The highest BCUT2D eigenvalue weighted by atomic mass is 79.9. The predicted molar refractivity (Wildman–Crippen MR) is 189 cm³/mol. The van der Waals surface area contributed by atoms with Gasteiger partial charge in [-0.1, -0.05) is 31.2 Å². The van der Waals surface area contributed by atoms with Crippen LogP contribution in [-0.2, 0) is 22.6 Å². The average Bonchev–Trinajstić information content (AvgIpc) is 3.27. The average molecular weight is 775 g/mol. The predicted octanol–water partition coefficient (Wildman–Crippen LogP) is 5.79. The van der Waals surface area contributed by atoms with E-state index < -0.39 is 11.8 Å². The van der Waals surface area contributed by atoms with Crippen molar-refractivity contribution in [1.82, 2.24) is 24.5 Å². The first kappa shape index (κ1) is 34.4. The molecule has 4 aliphatic rings. The Labute approximate surface area is 295 Å². The second kappa shape index (κ2) is 15.4. The van der Waals surface area contributed by atoms with Gasteiger partial charge in [-0.25, -0.2) is 9.59 Å². The number of ether oxygens (including phenoxy) is 1. The van der Waals surface area contributed by atoms with Crippen molar-refractivity contribution in [3.63, 3.8) is 0 Å². The van der Waals surface area contributed by atoms with E-state index in [1.165, 1.54) is 0 Å². The van der Waals surface area contributed by atoms with E-state index in [9.17, 15) is 14.4 Å². The van der Waals surface area contributed by atoms with Gasteiger partial charge in [-0.3, -0.25) is 14.7 Å². The highest BCUT2D eigenvalue weighted by molar-refractivity contribution is 9.13. The monoisotopic (exact) mass is 772 g/mol. The van der Waals surface area contributed by atoms with Gasteiger partial charge in [0.2, 0.25) is 0 Å². The van der Waals surface area contributed by atoms with Crippen LogP contribution >= 0.6 is 31.9 Å². The Balaban J connectivity index is 1.22. The molecule has 1 N–H and O–H groups in total. The number of aldehydes is 1. The topological polar surface area (TPSA) is 88.7 Å². The van der Waals surface area contributed by atoms with E-state index in [1.54, 1.807) is 4.90 Å². The Hall–Kier alpha value is -2.51. The quantitative estimate of drug-likeness (QED) is 0.340. The van der Waals surface area contributed by atoms with E-state index in [2.05, 4.69) is 64.9 Å². The molecule has 254 valence electrons. The number of anilines is 1. The maximum atomic E-state index is 14.0. The summed E-state index contributed by atoms with van der Waals surface area (Å²) >= 11 is 7.04. The fraction of sp³-hybridized carbons (Fsp3) is 0.571. The molecule has 2 aromatic rings. The molecule has 3 saturated heterocycles. The number of carbonyl (C=O) groups excluding carboxylic acids is 3. The van der Waals surface area contributed by atoms with Crippen LogP contribution in [-0.4, -0.2) is 120 Å². The summed E-state index contributed by atoms with van der Waals surface area (Å²) in [6.45, 7) is 10.3. The molecule has 6 rings (SSSR count). The molecule has 2 atom stereocenters. The summed E-state index contributed by atoms with van der Waals surface area (Å²) in [6, 6.07) is 14.0. The number of nitrogens with zero attached hydrogens (tertiary/aromatic N) is 5. The zero-order valence-electron chi connectivity index (χ0n) is 27.2. The fourth-order valence-corrected chi connectivity index (χ4v) is 8.71. The maximum Gasteiger partial charge on any atom is 0.411 e. The second-order valence-electron chi connectivity index (χ2n) is 13.2. The lowest BCUT2D eigenvalue weighted by Crippen LogP contribution is -2.70. The van der Waals surface area contributed by atoms with Crippen LogP contribution in [0, 0.1) is 0 Å². The molecule has 3 fully saturated rings. The molecule has 47 heavy (non-hydrogen) atoms. The number of amides is 3. The van der Waals surface area contributed by atoms with Crippen molar-refractivity contribution < 1.29 is 19.1 Å². The Kier molecular flexibility index (Phi) is 11.2. The lowest BCUT2D eigenvalue weighted by molar-refractivity contribution is -0.128. The van der Waals surface area contributed by atoms with Gasteiger partial charge in [-0.2, -0.15) is 0 Å². The van der Waals surface area contributed by atoms with Crippen LogP contribution in [0.1, 0.15) is 50.2 Å². The molecule has 0 spiro atoms. The van der Waals surface area contributed by atoms with Gasteiger partial charge >= 0.3 is 12.1 Å². The van der Waals surface area contributed by atoms with E-state index in [-0.39, 0.29) is 25.1 Å². The lowest BCUT2D eigenvalue weighted by Gasteiger charge is -2.57. The number of carbonyl (C=O) groups is 3. The third kappa shape index (κ3) is 7.56. The summed E-state index contributed by atoms with van der Waals surface area (Å²) in [6.07, 6.45) is 4.50. The first-order valence-electron chi connectivity index (χ1n) is 17.0. The number of halogens is 2. The minimum atomic E-state index is -0.882. The maximum absolute atomic E-state index is 14.0. The molecule has 0 radical (unpaired) electrons. The van der Waals surface area contributed by atoms with E-state index in [0.29, 0.717) is 32.0 Å². The molecule has 0 unspecified atom stereocenters. The van der Waals surface area contributed by atoms with Crippen molar-refractivity contribution in [2.45, 2.75) is 69.8 Å². The number of rotatable bonds is 8. The number of likely N-dealkylation sites (N-methyl/N-ethyl adjacent to an activating group) is 1. The van der Waals surface area contributed by atoms with Crippen molar-refractivity contribution in [2.75, 3.05) is 64.2 Å². The Bertz CT molecular complexity index is 1430. The number of piperidine rings is 2. The van der Waals surface area contributed by atoms with Gasteiger partial charge in [-0.05, 0) is 93.4 Å². The van der Waals surface area contributed by atoms with Gasteiger partial charge in [0.25, 0.3) is 0 Å². The summed E-state index contributed by atoms with van der Waals surface area (Å²) in [4.78, 5) is 51.4. The lowest BCUT2D eigenvalue weighted by atomic mass is 9.84. The smallest absolute Gasteiger partial charge is 0.411 e. The van der Waals surface area contributed by atoms with Crippen LogP contribution in [0.15, 0.2) is 51.4 Å². The highest BCUT2D eigenvalue weighted by Gasteiger charge is 2.52. The Morgan fingerprint density at radius 1 is 0.957 bits per heavy atom. The number of para-hydroxylation sites is 1. The number of urea groups is 1. The summed E-state index contributed by atoms with van der Waals surface area (Å²) in [5.41, 5.74) is 1.95. The molecule has 0 saturated carbocycles. The van der Waals surface area contributed by atoms with Gasteiger partial charge in [-0.15, -0.1) is 0 Å². The first-order valence-corrected chi connectivity index (χ1v) is 18.6. The van der Waals surface area contributed by atoms with Crippen LogP contribution in [0.25, 0.3) is 0 Å². The molecule has 0 aromatic heterocycles. The number of nitrogens with one attached hydrogen (secondary N) is 1. The van der Waals surface area contributed by atoms with E-state index in [1.807, 2.05) is 41.3 Å². The molecule has 0 aliphatic carbocycles. The van der Waals surface area contributed by atoms with Crippen molar-refractivity contribution in [1.29, 1.82) is 0 Å². The van der Waals surface area contributed by atoms with Gasteiger partial charge in [0.15, 0.2) is 0 Å². The van der Waals surface area contributed by atoms with Crippen LogP contribution < -0.4 is 5.32 Å². The summed E-state index contributed by atoms with van der Waals surface area (Å²) < 4.78 is 7.77. The van der Waals surface area contributed by atoms with Gasteiger partial charge in [0.1, 0.15) is 18.6 Å². The zero-order valence-corrected chi connectivity index (χ0v) is 30.4. The number of piperazine rings is 1. The number of hydrogen-bond donors (Lipinski definition) is 1. The highest BCUT2D eigenvalue weighted by Crippen LogP contribution is 2.40. The van der Waals surface area contributed by atoms with Gasteiger partial charge in [0, 0.05) is 91.9 Å². The number of likely N-dealkylation sites (tertiary alicyclic amines) is 2. The molecule has 12 heteroatoms. The van der Waals surface area contributed by atoms with Gasteiger partial charge < -0.3 is 24.6 Å². The SMILES string of the molecule is CCN1CCN(C2CCN([C@]3(CC=O)C[C@H](N4CCc5ccccc5NC4=O)CCN3C(=O)OCc3ccc(Br)c(Br)c3)CC2)CC1. The molecule has 10 nitrogen and oxygen atoms in total. The fourth-order valence-electron chi connectivity index (χ4n) is 8.04. The number of hydrogen-bond acceptors (Lipinski definition) is 7. The van der Waals surface area contributed by atoms with Crippen LogP contribution in [0.3, 0.4) is 0 Å². The minimum Gasteiger partial charge on any atom is -0.445 e. The Morgan fingerprint density at radius 3 is 2.43 bits per heavy atom. The molecular weight excluding hydrogens is 728 g/mol. The summed E-state index contributed by atoms with van der Waals surface area (Å²) in [7, 11) is 0. The third-order valence-corrected chi connectivity index (χ3v) is 12.6. The third-order valence-electron chi connectivity index (χ3n) is 10.7. The number of benzene rings is 2. The van der Waals surface area contributed by atoms with Crippen molar-refractivity contribution in [3.05, 3.63) is 62.5 Å². The molecule has 4 heterocycles. The number of fused-ring (bicyclic) bond motifs is 1. The summed E-state index contributed by atoms with van der Waals surface area (Å²) in [5, 5.41) is 3.12. The molecule has 4 aliphatic heterocycles. The second-order valence-corrected chi connectivity index (χ2v) is 14.9. The zero-order chi connectivity index (χ0) is 33.0. The van der Waals surface area contributed by atoms with E-state index in [4.69, 9.17) is 4.74 Å². The standard InChI is InChI=1S/C35H46Br2N6O4/c1-2-39-18-20-40(21-19-39)28-10-14-41(15-11-28)35(13-22-44)24-29(42-16-9-27-5-3-4-6-32(27)38-33(42)45)12-17-43(35)34(46)47-25-26-7-8-30(36)31(37)23-26/h3-8,22-23,28-29H,2,9-21,24-25H2,1H3,(H,38,45)/t29-,35+/m1/s1. The minimum absolute atomic E-state index is 0.123. The molecular formula is C35H46Br2N6O4. The first-order chi connectivity index (χ1) is 22.8. The van der Waals surface area contributed by atoms with Crippen molar-refractivity contribution in [2.24, 2.45) is 0 Å². The summed E-state index contributed by atoms with van der Waals surface area (Å²) in [5.74, 6) is 0. The van der Waals surface area contributed by atoms with Crippen molar-refractivity contribution >= 4 is 56.0 Å². The van der Waals surface area contributed by atoms with E-state index >= 15 is 0 Å². The van der Waals surface area contributed by atoms with Crippen LogP contribution in [0.2, 0.25) is 0 Å². The molecule has 2 aromatic carbocycles. The molecule has 0 bridgehead atoms. The van der Waals surface area contributed by atoms with Crippen LogP contribution in [0.5, 0.6) is 0 Å². The van der Waals surface area contributed by atoms with Gasteiger partial charge in [0.05, 0.1) is 0 Å². The van der Waals surface area contributed by atoms with Crippen molar-refractivity contribution in [3.8, 4) is 0 Å². The van der Waals surface area contributed by atoms with Crippen LogP contribution in [0.4, 0.5) is 15.3 Å². The Morgan fingerprint density at radius 2 is 1.70 bits per heavy atom. The molecule has 3 amide bonds. The van der Waals surface area contributed by atoms with E-state index in [0.717, 1.165) is 97.1 Å². The normalized spacial score (nSPS) is 25.2.